The Bertz CT molecular complexity index is 397. The molecular weight excluding hydrogens is 281 g/mol. The average molecular weight is 291 g/mol. The number of alkyl carbamates (subject to hydrolysis) is 1. The molecule has 80 valence electrons. The van der Waals surface area contributed by atoms with E-state index in [0.717, 1.165) is 16.5 Å². The van der Waals surface area contributed by atoms with Gasteiger partial charge in [-0.15, -0.1) is 0 Å². The zero-order valence-electron chi connectivity index (χ0n) is 7.80. The van der Waals surface area contributed by atoms with Gasteiger partial charge in [-0.1, -0.05) is 27.5 Å². The van der Waals surface area contributed by atoms with Crippen LogP contribution in [0.25, 0.3) is 0 Å². The third-order valence-electron chi connectivity index (χ3n) is 2.27. The van der Waals surface area contributed by atoms with E-state index in [4.69, 9.17) is 16.3 Å². The first-order valence-corrected chi connectivity index (χ1v) is 5.72. The minimum atomic E-state index is -0.387. The Balaban J connectivity index is 2.27. The van der Waals surface area contributed by atoms with Gasteiger partial charge in [0.25, 0.3) is 0 Å². The Labute approximate surface area is 101 Å². The van der Waals surface area contributed by atoms with Crippen LogP contribution >= 0.6 is 27.5 Å². The first-order valence-electron chi connectivity index (χ1n) is 4.55. The summed E-state index contributed by atoms with van der Waals surface area (Å²) in [5, 5.41) is 3.39. The minimum Gasteiger partial charge on any atom is -0.449 e. The standard InChI is InChI=1S/C10H9BrClNO2/c11-6-1-2-8(12)7(5-6)9-3-4-15-10(14)13-9/h1-2,5,9H,3-4H2,(H,13,14)/t9-/m0/s1. The summed E-state index contributed by atoms with van der Waals surface area (Å²) in [5.41, 5.74) is 0.919. The second-order valence-electron chi connectivity index (χ2n) is 3.29. The van der Waals surface area contributed by atoms with Gasteiger partial charge in [0.05, 0.1) is 12.6 Å². The lowest BCUT2D eigenvalue weighted by Crippen LogP contribution is -2.35. The number of ether oxygens (including phenoxy) is 1. The molecule has 1 aromatic rings. The van der Waals surface area contributed by atoms with Crippen molar-refractivity contribution in [2.75, 3.05) is 6.61 Å². The van der Waals surface area contributed by atoms with Crippen LogP contribution in [-0.4, -0.2) is 12.7 Å². The van der Waals surface area contributed by atoms with E-state index in [1.807, 2.05) is 18.2 Å². The molecule has 1 fully saturated rings. The monoisotopic (exact) mass is 289 g/mol. The van der Waals surface area contributed by atoms with Gasteiger partial charge in [0.1, 0.15) is 0 Å². The zero-order valence-corrected chi connectivity index (χ0v) is 10.1. The van der Waals surface area contributed by atoms with Crippen molar-refractivity contribution in [3.63, 3.8) is 0 Å². The van der Waals surface area contributed by atoms with Gasteiger partial charge >= 0.3 is 6.09 Å². The lowest BCUT2D eigenvalue weighted by atomic mass is 10.0. The summed E-state index contributed by atoms with van der Waals surface area (Å²) in [5.74, 6) is 0. The van der Waals surface area contributed by atoms with Crippen LogP contribution in [0.4, 0.5) is 4.79 Å². The zero-order chi connectivity index (χ0) is 10.8. The van der Waals surface area contributed by atoms with Crippen molar-refractivity contribution in [3.8, 4) is 0 Å². The highest BCUT2D eigenvalue weighted by molar-refractivity contribution is 9.10. The maximum Gasteiger partial charge on any atom is 0.407 e. The van der Waals surface area contributed by atoms with E-state index in [2.05, 4.69) is 21.2 Å². The SMILES string of the molecule is O=C1N[C@H](c2cc(Br)ccc2Cl)CCO1. The molecule has 1 atom stereocenters. The first kappa shape index (κ1) is 10.8. The fourth-order valence-electron chi connectivity index (χ4n) is 1.54. The van der Waals surface area contributed by atoms with E-state index in [1.54, 1.807) is 0 Å². The van der Waals surface area contributed by atoms with Gasteiger partial charge in [-0.2, -0.15) is 0 Å². The molecule has 1 amide bonds. The van der Waals surface area contributed by atoms with E-state index in [0.29, 0.717) is 11.6 Å². The van der Waals surface area contributed by atoms with Crippen molar-refractivity contribution in [1.29, 1.82) is 0 Å². The van der Waals surface area contributed by atoms with Crippen LogP contribution in [0.5, 0.6) is 0 Å². The molecule has 0 unspecified atom stereocenters. The third-order valence-corrected chi connectivity index (χ3v) is 3.10. The number of amides is 1. The normalized spacial score (nSPS) is 20.7. The Morgan fingerprint density at radius 1 is 1.53 bits per heavy atom. The van der Waals surface area contributed by atoms with E-state index in [-0.39, 0.29) is 12.1 Å². The number of cyclic esters (lactones) is 1. The predicted molar refractivity (Wildman–Crippen MR) is 61.0 cm³/mol. The van der Waals surface area contributed by atoms with Gasteiger partial charge in [-0.05, 0) is 23.8 Å². The molecule has 1 aromatic carbocycles. The van der Waals surface area contributed by atoms with Crippen LogP contribution in [0.3, 0.4) is 0 Å². The Morgan fingerprint density at radius 2 is 2.33 bits per heavy atom. The number of hydrogen-bond donors (Lipinski definition) is 1. The summed E-state index contributed by atoms with van der Waals surface area (Å²) >= 11 is 9.44. The summed E-state index contributed by atoms with van der Waals surface area (Å²) in [6.07, 6.45) is 0.351. The number of benzene rings is 1. The molecule has 0 bridgehead atoms. The van der Waals surface area contributed by atoms with Gasteiger partial charge in [0.15, 0.2) is 0 Å². The van der Waals surface area contributed by atoms with E-state index < -0.39 is 0 Å². The molecule has 1 heterocycles. The maximum atomic E-state index is 11.1. The van der Waals surface area contributed by atoms with Gasteiger partial charge in [-0.25, -0.2) is 4.79 Å². The molecule has 0 radical (unpaired) electrons. The second kappa shape index (κ2) is 4.41. The van der Waals surface area contributed by atoms with Crippen molar-refractivity contribution in [2.45, 2.75) is 12.5 Å². The fraction of sp³-hybridized carbons (Fsp3) is 0.300. The Hall–Kier alpha value is -0.740. The second-order valence-corrected chi connectivity index (χ2v) is 4.61. The van der Waals surface area contributed by atoms with Gasteiger partial charge < -0.3 is 10.1 Å². The molecular formula is C10H9BrClNO2. The molecule has 1 N–H and O–H groups in total. The molecule has 15 heavy (non-hydrogen) atoms. The largest absolute Gasteiger partial charge is 0.449 e. The molecule has 0 saturated carbocycles. The van der Waals surface area contributed by atoms with E-state index >= 15 is 0 Å². The van der Waals surface area contributed by atoms with Crippen LogP contribution in [0, 0.1) is 0 Å². The first-order chi connectivity index (χ1) is 7.16. The number of carbonyl (C=O) groups is 1. The van der Waals surface area contributed by atoms with E-state index in [9.17, 15) is 4.79 Å². The number of halogens is 2. The Morgan fingerprint density at radius 3 is 3.07 bits per heavy atom. The van der Waals surface area contributed by atoms with Gasteiger partial charge in [-0.3, -0.25) is 0 Å². The molecule has 0 aromatic heterocycles. The smallest absolute Gasteiger partial charge is 0.407 e. The number of hydrogen-bond acceptors (Lipinski definition) is 2. The molecule has 1 aliphatic heterocycles. The van der Waals surface area contributed by atoms with Crippen LogP contribution in [0.2, 0.25) is 5.02 Å². The number of nitrogens with one attached hydrogen (secondary N) is 1. The van der Waals surface area contributed by atoms with Crippen molar-refractivity contribution in [3.05, 3.63) is 33.3 Å². The molecule has 3 nitrogen and oxygen atoms in total. The highest BCUT2D eigenvalue weighted by atomic mass is 79.9. The van der Waals surface area contributed by atoms with Gasteiger partial charge in [0, 0.05) is 15.9 Å². The lowest BCUT2D eigenvalue weighted by molar-refractivity contribution is 0.115. The molecule has 1 saturated heterocycles. The minimum absolute atomic E-state index is 0.0590. The molecule has 2 rings (SSSR count). The number of carbonyl (C=O) groups excluding carboxylic acids is 1. The highest BCUT2D eigenvalue weighted by Gasteiger charge is 2.22. The third kappa shape index (κ3) is 2.44. The average Bonchev–Trinajstić information content (AvgIpc) is 2.22. The summed E-state index contributed by atoms with van der Waals surface area (Å²) < 4.78 is 5.74. The van der Waals surface area contributed by atoms with Crippen LogP contribution in [0.15, 0.2) is 22.7 Å². The summed E-state index contributed by atoms with van der Waals surface area (Å²) in [4.78, 5) is 11.1. The van der Waals surface area contributed by atoms with Crippen molar-refractivity contribution in [1.82, 2.24) is 5.32 Å². The van der Waals surface area contributed by atoms with Crippen LogP contribution in [-0.2, 0) is 4.74 Å². The summed E-state index contributed by atoms with van der Waals surface area (Å²) in [7, 11) is 0. The molecule has 0 spiro atoms. The maximum absolute atomic E-state index is 11.1. The highest BCUT2D eigenvalue weighted by Crippen LogP contribution is 2.29. The van der Waals surface area contributed by atoms with Crippen molar-refractivity contribution in [2.24, 2.45) is 0 Å². The predicted octanol–water partition coefficient (Wildman–Crippen LogP) is 3.27. The summed E-state index contributed by atoms with van der Waals surface area (Å²) in [6.45, 7) is 0.430. The van der Waals surface area contributed by atoms with Crippen molar-refractivity contribution < 1.29 is 9.53 Å². The molecule has 1 aliphatic rings. The van der Waals surface area contributed by atoms with Crippen LogP contribution < -0.4 is 5.32 Å². The number of rotatable bonds is 1. The molecule has 5 heteroatoms. The molecule has 0 aliphatic carbocycles. The van der Waals surface area contributed by atoms with Crippen molar-refractivity contribution >= 4 is 33.6 Å². The lowest BCUT2D eigenvalue weighted by Gasteiger charge is -2.24. The van der Waals surface area contributed by atoms with E-state index in [1.165, 1.54) is 0 Å². The quantitative estimate of drug-likeness (QED) is 0.862. The summed E-state index contributed by atoms with van der Waals surface area (Å²) in [6, 6.07) is 5.53. The Kier molecular flexibility index (Phi) is 3.17. The topological polar surface area (TPSA) is 38.3 Å². The fourth-order valence-corrected chi connectivity index (χ4v) is 2.17. The van der Waals surface area contributed by atoms with Gasteiger partial charge in [0.2, 0.25) is 0 Å². The van der Waals surface area contributed by atoms with Crippen LogP contribution in [0.1, 0.15) is 18.0 Å².